The van der Waals surface area contributed by atoms with Gasteiger partial charge in [-0.25, -0.2) is 0 Å². The van der Waals surface area contributed by atoms with Gasteiger partial charge in [0.15, 0.2) is 0 Å². The van der Waals surface area contributed by atoms with Crippen molar-refractivity contribution in [3.05, 3.63) is 18.2 Å². The van der Waals surface area contributed by atoms with Gasteiger partial charge in [-0.15, -0.1) is 0 Å². The standard InChI is InChI=1S/C16H26N3O/c1-19(9-3-2-4-10-19)11-7-18-8-12-20-16-13-14(17)5-6-15(16)18/h5-6,13H,2-4,7-12,17H2,1H3/q+1. The molecule has 0 saturated carbocycles. The quantitative estimate of drug-likeness (QED) is 0.679. The zero-order valence-corrected chi connectivity index (χ0v) is 12.5. The van der Waals surface area contributed by atoms with Crippen LogP contribution in [0.4, 0.5) is 11.4 Å². The molecule has 2 aliphatic rings. The van der Waals surface area contributed by atoms with E-state index in [1.165, 1.54) is 49.1 Å². The second-order valence-electron chi connectivity index (χ2n) is 6.41. The molecular formula is C16H26N3O+. The number of nitrogens with zero attached hydrogens (tertiary/aromatic N) is 2. The molecule has 3 rings (SSSR count). The average molecular weight is 276 g/mol. The van der Waals surface area contributed by atoms with E-state index in [0.717, 1.165) is 31.1 Å². The molecule has 2 heterocycles. The van der Waals surface area contributed by atoms with E-state index >= 15 is 0 Å². The summed E-state index contributed by atoms with van der Waals surface area (Å²) in [6.45, 7) is 6.75. The Morgan fingerprint density at radius 3 is 2.85 bits per heavy atom. The van der Waals surface area contributed by atoms with Crippen molar-refractivity contribution in [2.45, 2.75) is 19.3 Å². The van der Waals surface area contributed by atoms with E-state index < -0.39 is 0 Å². The maximum Gasteiger partial charge on any atom is 0.144 e. The molecule has 1 saturated heterocycles. The molecule has 4 heteroatoms. The van der Waals surface area contributed by atoms with Crippen molar-refractivity contribution in [2.24, 2.45) is 0 Å². The highest BCUT2D eigenvalue weighted by Crippen LogP contribution is 2.33. The number of anilines is 2. The highest BCUT2D eigenvalue weighted by Gasteiger charge is 2.26. The van der Waals surface area contributed by atoms with Crippen molar-refractivity contribution < 1.29 is 9.22 Å². The van der Waals surface area contributed by atoms with E-state index in [4.69, 9.17) is 10.5 Å². The molecule has 2 aliphatic heterocycles. The fourth-order valence-corrected chi connectivity index (χ4v) is 3.39. The van der Waals surface area contributed by atoms with E-state index in [-0.39, 0.29) is 0 Å². The Kier molecular flexibility index (Phi) is 3.74. The van der Waals surface area contributed by atoms with Crippen molar-refractivity contribution in [2.75, 3.05) is 57.0 Å². The molecule has 0 spiro atoms. The first-order valence-electron chi connectivity index (χ1n) is 7.77. The van der Waals surface area contributed by atoms with Crippen LogP contribution < -0.4 is 15.4 Å². The van der Waals surface area contributed by atoms with Crippen LogP contribution in [-0.4, -0.2) is 50.9 Å². The molecule has 0 unspecified atom stereocenters. The zero-order chi connectivity index (χ0) is 14.0. The topological polar surface area (TPSA) is 38.5 Å². The van der Waals surface area contributed by atoms with Gasteiger partial charge in [0.2, 0.25) is 0 Å². The summed E-state index contributed by atoms with van der Waals surface area (Å²) in [7, 11) is 2.41. The molecule has 2 N–H and O–H groups in total. The van der Waals surface area contributed by atoms with E-state index in [9.17, 15) is 0 Å². The number of ether oxygens (including phenoxy) is 1. The Morgan fingerprint density at radius 2 is 2.05 bits per heavy atom. The number of piperidine rings is 1. The molecule has 110 valence electrons. The Balaban J connectivity index is 1.67. The van der Waals surface area contributed by atoms with Gasteiger partial charge in [0, 0.05) is 11.8 Å². The van der Waals surface area contributed by atoms with Gasteiger partial charge >= 0.3 is 0 Å². The Hall–Kier alpha value is -1.42. The largest absolute Gasteiger partial charge is 0.489 e. The molecule has 0 amide bonds. The van der Waals surface area contributed by atoms with Crippen LogP contribution >= 0.6 is 0 Å². The molecule has 0 aliphatic carbocycles. The number of nitrogens with two attached hydrogens (primary N) is 1. The Morgan fingerprint density at radius 1 is 1.25 bits per heavy atom. The Labute approximate surface area is 121 Å². The van der Waals surface area contributed by atoms with E-state index in [0.29, 0.717) is 0 Å². The van der Waals surface area contributed by atoms with Gasteiger partial charge in [-0.3, -0.25) is 0 Å². The van der Waals surface area contributed by atoms with Crippen LogP contribution in [0.15, 0.2) is 18.2 Å². The van der Waals surface area contributed by atoms with Crippen molar-refractivity contribution in [3.63, 3.8) is 0 Å². The summed E-state index contributed by atoms with van der Waals surface area (Å²) in [6.07, 6.45) is 4.17. The van der Waals surface area contributed by atoms with Crippen LogP contribution in [0.2, 0.25) is 0 Å². The third-order valence-corrected chi connectivity index (χ3v) is 4.75. The smallest absolute Gasteiger partial charge is 0.144 e. The molecule has 20 heavy (non-hydrogen) atoms. The molecule has 0 radical (unpaired) electrons. The first kappa shape index (κ1) is 13.6. The lowest BCUT2D eigenvalue weighted by molar-refractivity contribution is -0.912. The number of quaternary nitrogens is 1. The van der Waals surface area contributed by atoms with Crippen molar-refractivity contribution in [1.82, 2.24) is 0 Å². The van der Waals surface area contributed by atoms with Gasteiger partial charge in [-0.2, -0.15) is 0 Å². The summed E-state index contributed by atoms with van der Waals surface area (Å²) in [5.74, 6) is 0.942. The number of likely N-dealkylation sites (N-methyl/N-ethyl adjacent to an activating group) is 1. The first-order valence-corrected chi connectivity index (χ1v) is 7.77. The predicted octanol–water partition coefficient (Wildman–Crippen LogP) is 2.10. The van der Waals surface area contributed by atoms with E-state index in [2.05, 4.69) is 18.0 Å². The molecule has 0 atom stereocenters. The average Bonchev–Trinajstić information content (AvgIpc) is 2.45. The van der Waals surface area contributed by atoms with Crippen molar-refractivity contribution >= 4 is 11.4 Å². The van der Waals surface area contributed by atoms with Gasteiger partial charge in [0.1, 0.15) is 12.4 Å². The molecule has 4 nitrogen and oxygen atoms in total. The first-order chi connectivity index (χ1) is 9.66. The van der Waals surface area contributed by atoms with Crippen LogP contribution in [0.1, 0.15) is 19.3 Å². The van der Waals surface area contributed by atoms with Gasteiger partial charge < -0.3 is 19.9 Å². The molecule has 1 fully saturated rings. The summed E-state index contributed by atoms with van der Waals surface area (Å²) in [5, 5.41) is 0. The third-order valence-electron chi connectivity index (χ3n) is 4.75. The summed E-state index contributed by atoms with van der Waals surface area (Å²) >= 11 is 0. The van der Waals surface area contributed by atoms with Crippen LogP contribution in [-0.2, 0) is 0 Å². The second kappa shape index (κ2) is 5.52. The minimum atomic E-state index is 0.764. The minimum Gasteiger partial charge on any atom is -0.489 e. The predicted molar refractivity (Wildman–Crippen MR) is 83.2 cm³/mol. The van der Waals surface area contributed by atoms with Crippen LogP contribution in [0.3, 0.4) is 0 Å². The monoisotopic (exact) mass is 276 g/mol. The SMILES string of the molecule is C[N+]1(CCN2CCOc3cc(N)ccc32)CCCCC1. The van der Waals surface area contributed by atoms with Gasteiger partial charge in [-0.1, -0.05) is 0 Å². The van der Waals surface area contributed by atoms with Crippen LogP contribution in [0.25, 0.3) is 0 Å². The number of fused-ring (bicyclic) bond motifs is 1. The number of nitrogen functional groups attached to an aromatic ring is 1. The fourth-order valence-electron chi connectivity index (χ4n) is 3.39. The van der Waals surface area contributed by atoms with Crippen molar-refractivity contribution in [1.29, 1.82) is 0 Å². The molecule has 1 aromatic rings. The Bertz CT molecular complexity index is 469. The van der Waals surface area contributed by atoms with E-state index in [1.807, 2.05) is 12.1 Å². The molecular weight excluding hydrogens is 250 g/mol. The van der Waals surface area contributed by atoms with Crippen molar-refractivity contribution in [3.8, 4) is 5.75 Å². The maximum atomic E-state index is 5.84. The van der Waals surface area contributed by atoms with Gasteiger partial charge in [0.05, 0.1) is 45.5 Å². The minimum absolute atomic E-state index is 0.764. The zero-order valence-electron chi connectivity index (χ0n) is 12.5. The normalized spacial score (nSPS) is 21.1. The molecule has 1 aromatic carbocycles. The summed E-state index contributed by atoms with van der Waals surface area (Å²) in [4.78, 5) is 2.45. The lowest BCUT2D eigenvalue weighted by Gasteiger charge is -2.40. The third kappa shape index (κ3) is 2.85. The number of hydrogen-bond acceptors (Lipinski definition) is 3. The lowest BCUT2D eigenvalue weighted by atomic mass is 10.1. The summed E-state index contributed by atoms with van der Waals surface area (Å²) in [6, 6.07) is 6.01. The number of hydrogen-bond donors (Lipinski definition) is 1. The van der Waals surface area contributed by atoms with Gasteiger partial charge in [0.25, 0.3) is 0 Å². The number of rotatable bonds is 3. The lowest BCUT2D eigenvalue weighted by Crippen LogP contribution is -2.52. The molecule has 0 bridgehead atoms. The maximum absolute atomic E-state index is 5.84. The highest BCUT2D eigenvalue weighted by atomic mass is 16.5. The second-order valence-corrected chi connectivity index (χ2v) is 6.41. The number of benzene rings is 1. The highest BCUT2D eigenvalue weighted by molar-refractivity contribution is 5.65. The van der Waals surface area contributed by atoms with E-state index in [1.54, 1.807) is 0 Å². The molecule has 0 aromatic heterocycles. The van der Waals surface area contributed by atoms with Gasteiger partial charge in [-0.05, 0) is 31.4 Å². The fraction of sp³-hybridized carbons (Fsp3) is 0.625. The van der Waals surface area contributed by atoms with Crippen LogP contribution in [0, 0.1) is 0 Å². The number of likely N-dealkylation sites (tertiary alicyclic amines) is 1. The van der Waals surface area contributed by atoms with Crippen LogP contribution in [0.5, 0.6) is 5.75 Å². The summed E-state index contributed by atoms with van der Waals surface area (Å²) in [5.41, 5.74) is 7.82. The summed E-state index contributed by atoms with van der Waals surface area (Å²) < 4.78 is 6.95.